The first-order valence-corrected chi connectivity index (χ1v) is 5.47. The van der Waals surface area contributed by atoms with Crippen LogP contribution in [0, 0.1) is 0 Å². The van der Waals surface area contributed by atoms with Gasteiger partial charge in [-0.05, 0) is 25.5 Å². The summed E-state index contributed by atoms with van der Waals surface area (Å²) in [5.74, 6) is 1.70. The first-order valence-electron chi connectivity index (χ1n) is 5.47. The lowest BCUT2D eigenvalue weighted by molar-refractivity contribution is 0.765. The minimum absolute atomic E-state index is 0.498. The van der Waals surface area contributed by atoms with Gasteiger partial charge >= 0.3 is 0 Å². The molecule has 0 aliphatic carbocycles. The van der Waals surface area contributed by atoms with Gasteiger partial charge in [-0.15, -0.1) is 0 Å². The summed E-state index contributed by atoms with van der Waals surface area (Å²) in [6.07, 6.45) is 3.44. The van der Waals surface area contributed by atoms with Crippen molar-refractivity contribution in [2.45, 2.75) is 26.2 Å². The van der Waals surface area contributed by atoms with Gasteiger partial charge in [0.2, 0.25) is 0 Å². The molecular formula is C13H14N2. The SMILES string of the molecule is CC[C@H]1C=C(C)n2c1nc1ccccc12. The summed E-state index contributed by atoms with van der Waals surface area (Å²) in [7, 11) is 0. The summed E-state index contributed by atoms with van der Waals surface area (Å²) in [5.41, 5.74) is 3.65. The highest BCUT2D eigenvalue weighted by atomic mass is 15.1. The van der Waals surface area contributed by atoms with Crippen molar-refractivity contribution in [3.63, 3.8) is 0 Å². The molecule has 0 unspecified atom stereocenters. The lowest BCUT2D eigenvalue weighted by Crippen LogP contribution is -1.96. The second kappa shape index (κ2) is 2.96. The smallest absolute Gasteiger partial charge is 0.121 e. The Morgan fingerprint density at radius 2 is 2.13 bits per heavy atom. The van der Waals surface area contributed by atoms with Crippen molar-refractivity contribution in [2.24, 2.45) is 0 Å². The van der Waals surface area contributed by atoms with Gasteiger partial charge in [-0.25, -0.2) is 4.98 Å². The lowest BCUT2D eigenvalue weighted by atomic mass is 10.1. The molecule has 0 N–H and O–H groups in total. The fourth-order valence-electron chi connectivity index (χ4n) is 2.40. The number of fused-ring (bicyclic) bond motifs is 3. The van der Waals surface area contributed by atoms with Crippen LogP contribution in [0.25, 0.3) is 16.7 Å². The molecule has 2 heterocycles. The first-order chi connectivity index (χ1) is 7.31. The van der Waals surface area contributed by atoms with Crippen LogP contribution in [0.15, 0.2) is 30.3 Å². The number of nitrogens with zero attached hydrogens (tertiary/aromatic N) is 2. The first kappa shape index (κ1) is 8.72. The monoisotopic (exact) mass is 198 g/mol. The quantitative estimate of drug-likeness (QED) is 0.686. The van der Waals surface area contributed by atoms with Crippen LogP contribution in [-0.2, 0) is 0 Å². The molecule has 0 amide bonds. The highest BCUT2D eigenvalue weighted by Crippen LogP contribution is 2.34. The fraction of sp³-hybridized carbons (Fsp3) is 0.308. The number of benzene rings is 1. The number of allylic oxidation sites excluding steroid dienone is 2. The molecule has 1 aliphatic heterocycles. The Labute approximate surface area is 89.2 Å². The molecule has 1 atom stereocenters. The molecule has 0 saturated heterocycles. The molecule has 3 rings (SSSR count). The average Bonchev–Trinajstić information content (AvgIpc) is 2.76. The minimum atomic E-state index is 0.498. The van der Waals surface area contributed by atoms with E-state index in [0.717, 1.165) is 11.9 Å². The molecule has 0 radical (unpaired) electrons. The van der Waals surface area contributed by atoms with Gasteiger partial charge in [0.05, 0.1) is 11.0 Å². The molecule has 1 aromatic heterocycles. The number of hydrogen-bond acceptors (Lipinski definition) is 1. The van der Waals surface area contributed by atoms with E-state index in [-0.39, 0.29) is 0 Å². The number of aromatic nitrogens is 2. The standard InChI is InChI=1S/C13H14N2/c1-3-10-8-9(2)15-12-7-5-4-6-11(12)14-13(10)15/h4-8,10H,3H2,1-2H3/t10-/m0/s1. The van der Waals surface area contributed by atoms with Gasteiger partial charge in [0, 0.05) is 11.6 Å². The average molecular weight is 198 g/mol. The summed E-state index contributed by atoms with van der Waals surface area (Å²) in [6.45, 7) is 4.37. The Hall–Kier alpha value is -1.57. The molecule has 0 saturated carbocycles. The van der Waals surface area contributed by atoms with E-state index in [0.29, 0.717) is 5.92 Å². The van der Waals surface area contributed by atoms with Crippen LogP contribution in [0.2, 0.25) is 0 Å². The van der Waals surface area contributed by atoms with Crippen molar-refractivity contribution < 1.29 is 0 Å². The fourth-order valence-corrected chi connectivity index (χ4v) is 2.40. The summed E-state index contributed by atoms with van der Waals surface area (Å²) in [6, 6.07) is 8.34. The third-order valence-corrected chi connectivity index (χ3v) is 3.15. The van der Waals surface area contributed by atoms with Crippen molar-refractivity contribution in [3.8, 4) is 0 Å². The van der Waals surface area contributed by atoms with Crippen LogP contribution in [-0.4, -0.2) is 9.55 Å². The molecular weight excluding hydrogens is 184 g/mol. The summed E-state index contributed by atoms with van der Waals surface area (Å²) in [4.78, 5) is 4.71. The van der Waals surface area contributed by atoms with Crippen molar-refractivity contribution >= 4 is 16.7 Å². The largest absolute Gasteiger partial charge is 0.300 e. The number of rotatable bonds is 1. The van der Waals surface area contributed by atoms with E-state index in [1.165, 1.54) is 17.0 Å². The van der Waals surface area contributed by atoms with Crippen LogP contribution in [0.4, 0.5) is 0 Å². The van der Waals surface area contributed by atoms with Crippen molar-refractivity contribution in [1.29, 1.82) is 0 Å². The highest BCUT2D eigenvalue weighted by molar-refractivity contribution is 5.81. The topological polar surface area (TPSA) is 17.8 Å². The van der Waals surface area contributed by atoms with Gasteiger partial charge in [-0.1, -0.05) is 25.1 Å². The van der Waals surface area contributed by atoms with E-state index in [1.807, 2.05) is 6.07 Å². The highest BCUT2D eigenvalue weighted by Gasteiger charge is 2.23. The predicted molar refractivity (Wildman–Crippen MR) is 62.7 cm³/mol. The summed E-state index contributed by atoms with van der Waals surface area (Å²) >= 11 is 0. The van der Waals surface area contributed by atoms with Crippen molar-refractivity contribution in [3.05, 3.63) is 36.2 Å². The molecule has 1 aliphatic rings. The lowest BCUT2D eigenvalue weighted by Gasteiger charge is -2.02. The Balaban J connectivity index is 2.35. The van der Waals surface area contributed by atoms with Crippen molar-refractivity contribution in [2.75, 3.05) is 0 Å². The van der Waals surface area contributed by atoms with E-state index < -0.39 is 0 Å². The normalized spacial score (nSPS) is 19.3. The van der Waals surface area contributed by atoms with Gasteiger partial charge < -0.3 is 4.57 Å². The summed E-state index contributed by atoms with van der Waals surface area (Å²) in [5, 5.41) is 0. The molecule has 76 valence electrons. The zero-order valence-electron chi connectivity index (χ0n) is 9.07. The second-order valence-electron chi connectivity index (χ2n) is 4.12. The minimum Gasteiger partial charge on any atom is -0.300 e. The Kier molecular flexibility index (Phi) is 1.72. The Bertz CT molecular complexity index is 549. The Morgan fingerprint density at radius 3 is 2.93 bits per heavy atom. The van der Waals surface area contributed by atoms with E-state index in [9.17, 15) is 0 Å². The van der Waals surface area contributed by atoms with Gasteiger partial charge in [0.15, 0.2) is 0 Å². The molecule has 1 aromatic carbocycles. The van der Waals surface area contributed by atoms with Gasteiger partial charge in [0.1, 0.15) is 5.82 Å². The van der Waals surface area contributed by atoms with E-state index in [1.54, 1.807) is 0 Å². The maximum atomic E-state index is 4.71. The number of hydrogen-bond donors (Lipinski definition) is 0. The third kappa shape index (κ3) is 1.08. The molecule has 0 fully saturated rings. The van der Waals surface area contributed by atoms with Crippen LogP contribution in [0.1, 0.15) is 32.0 Å². The molecule has 2 nitrogen and oxygen atoms in total. The van der Waals surface area contributed by atoms with E-state index >= 15 is 0 Å². The third-order valence-electron chi connectivity index (χ3n) is 3.15. The molecule has 0 bridgehead atoms. The number of para-hydroxylation sites is 2. The van der Waals surface area contributed by atoms with Crippen LogP contribution in [0.5, 0.6) is 0 Å². The maximum absolute atomic E-state index is 4.71. The molecule has 15 heavy (non-hydrogen) atoms. The van der Waals surface area contributed by atoms with Gasteiger partial charge in [0.25, 0.3) is 0 Å². The molecule has 2 aromatic rings. The zero-order chi connectivity index (χ0) is 10.4. The maximum Gasteiger partial charge on any atom is 0.121 e. The Morgan fingerprint density at radius 1 is 1.33 bits per heavy atom. The second-order valence-corrected chi connectivity index (χ2v) is 4.12. The zero-order valence-corrected chi connectivity index (χ0v) is 9.07. The van der Waals surface area contributed by atoms with Gasteiger partial charge in [-0.2, -0.15) is 0 Å². The van der Waals surface area contributed by atoms with Crippen LogP contribution < -0.4 is 0 Å². The summed E-state index contributed by atoms with van der Waals surface area (Å²) < 4.78 is 2.28. The van der Waals surface area contributed by atoms with Gasteiger partial charge in [-0.3, -0.25) is 0 Å². The molecule has 2 heteroatoms. The number of imidazole rings is 1. The van der Waals surface area contributed by atoms with Crippen molar-refractivity contribution in [1.82, 2.24) is 9.55 Å². The predicted octanol–water partition coefficient (Wildman–Crippen LogP) is 3.40. The molecule has 0 spiro atoms. The van der Waals surface area contributed by atoms with E-state index in [2.05, 4.69) is 42.7 Å². The van der Waals surface area contributed by atoms with Crippen LogP contribution >= 0.6 is 0 Å². The van der Waals surface area contributed by atoms with Crippen LogP contribution in [0.3, 0.4) is 0 Å². The van der Waals surface area contributed by atoms with E-state index in [4.69, 9.17) is 4.98 Å².